The quantitative estimate of drug-likeness (QED) is 0.586. The highest BCUT2D eigenvalue weighted by Crippen LogP contribution is 2.31. The minimum absolute atomic E-state index is 0.162. The van der Waals surface area contributed by atoms with Crippen LogP contribution in [0.25, 0.3) is 10.9 Å². The van der Waals surface area contributed by atoms with E-state index in [-0.39, 0.29) is 12.2 Å². The van der Waals surface area contributed by atoms with Crippen LogP contribution in [0.3, 0.4) is 0 Å². The molecule has 166 valence electrons. The van der Waals surface area contributed by atoms with E-state index in [2.05, 4.69) is 15.0 Å². The van der Waals surface area contributed by atoms with Crippen molar-refractivity contribution in [1.82, 2.24) is 9.88 Å². The van der Waals surface area contributed by atoms with Crippen molar-refractivity contribution >= 4 is 34.3 Å². The van der Waals surface area contributed by atoms with Crippen molar-refractivity contribution in [2.45, 2.75) is 25.9 Å². The molecule has 1 aromatic heterocycles. The summed E-state index contributed by atoms with van der Waals surface area (Å²) in [4.78, 5) is 32.8. The summed E-state index contributed by atoms with van der Waals surface area (Å²) in [5, 5.41) is 3.84. The van der Waals surface area contributed by atoms with E-state index in [0.29, 0.717) is 5.82 Å². The number of fused-ring (bicyclic) bond motifs is 1. The Morgan fingerprint density at radius 3 is 2.44 bits per heavy atom. The van der Waals surface area contributed by atoms with Gasteiger partial charge in [-0.15, -0.1) is 13.2 Å². The van der Waals surface area contributed by atoms with E-state index in [1.807, 2.05) is 30.3 Å². The molecule has 0 saturated carbocycles. The second-order valence-electron chi connectivity index (χ2n) is 7.24. The van der Waals surface area contributed by atoms with Gasteiger partial charge in [-0.2, -0.15) is 0 Å². The number of urea groups is 1. The van der Waals surface area contributed by atoms with E-state index in [0.717, 1.165) is 33.5 Å². The van der Waals surface area contributed by atoms with E-state index < -0.39 is 30.1 Å². The number of rotatable bonds is 5. The number of nitrogens with zero attached hydrogens (tertiary/aromatic N) is 3. The van der Waals surface area contributed by atoms with Gasteiger partial charge in [0.05, 0.1) is 11.2 Å². The normalized spacial score (nSPS) is 16.7. The van der Waals surface area contributed by atoms with Crippen LogP contribution >= 0.6 is 0 Å². The summed E-state index contributed by atoms with van der Waals surface area (Å²) in [5.74, 6) is -0.277. The van der Waals surface area contributed by atoms with E-state index >= 15 is 0 Å². The Labute approximate surface area is 181 Å². The topological polar surface area (TPSA) is 74.8 Å². The number of ether oxygens (including phenoxy) is 1. The van der Waals surface area contributed by atoms with Gasteiger partial charge in [0.15, 0.2) is 0 Å². The van der Waals surface area contributed by atoms with Crippen LogP contribution in [0.4, 0.5) is 29.5 Å². The van der Waals surface area contributed by atoms with E-state index in [9.17, 15) is 22.8 Å². The first-order chi connectivity index (χ1) is 15.2. The van der Waals surface area contributed by atoms with Crippen LogP contribution in [0.2, 0.25) is 0 Å². The number of hydrogen-bond donors (Lipinski definition) is 1. The van der Waals surface area contributed by atoms with Crippen molar-refractivity contribution in [3.8, 4) is 5.75 Å². The molecule has 32 heavy (non-hydrogen) atoms. The van der Waals surface area contributed by atoms with Crippen LogP contribution in [0.1, 0.15) is 12.5 Å². The third-order valence-electron chi connectivity index (χ3n) is 5.21. The second-order valence-corrected chi connectivity index (χ2v) is 7.24. The Bertz CT molecular complexity index is 1180. The molecule has 0 aliphatic carbocycles. The highest BCUT2D eigenvalue weighted by atomic mass is 19.4. The van der Waals surface area contributed by atoms with Gasteiger partial charge in [-0.3, -0.25) is 4.79 Å². The van der Waals surface area contributed by atoms with Crippen LogP contribution in [0.15, 0.2) is 54.6 Å². The van der Waals surface area contributed by atoms with Crippen LogP contribution in [0, 0.1) is 0 Å². The lowest BCUT2D eigenvalue weighted by Gasteiger charge is -2.21. The molecule has 1 atom stereocenters. The molecule has 2 heterocycles. The predicted molar refractivity (Wildman–Crippen MR) is 112 cm³/mol. The molecule has 1 aliphatic heterocycles. The largest absolute Gasteiger partial charge is 0.573 e. The number of anilines is 2. The highest BCUT2D eigenvalue weighted by molar-refractivity contribution is 6.21. The number of amides is 3. The smallest absolute Gasteiger partial charge is 0.406 e. The maximum atomic E-state index is 13.1. The summed E-state index contributed by atoms with van der Waals surface area (Å²) >= 11 is 0. The van der Waals surface area contributed by atoms with E-state index in [1.165, 1.54) is 17.0 Å². The Balaban J connectivity index is 1.62. The van der Waals surface area contributed by atoms with Crippen molar-refractivity contribution in [2.75, 3.05) is 17.3 Å². The van der Waals surface area contributed by atoms with Crippen LogP contribution < -0.4 is 15.0 Å². The number of pyridine rings is 1. The van der Waals surface area contributed by atoms with Gasteiger partial charge in [0.1, 0.15) is 17.6 Å². The lowest BCUT2D eigenvalue weighted by Crippen LogP contribution is -2.33. The van der Waals surface area contributed by atoms with Gasteiger partial charge < -0.3 is 15.0 Å². The molecule has 3 amide bonds. The number of aromatic nitrogens is 1. The van der Waals surface area contributed by atoms with Crippen LogP contribution in [-0.4, -0.2) is 41.3 Å². The summed E-state index contributed by atoms with van der Waals surface area (Å²) in [6.45, 7) is 1.78. The number of benzene rings is 2. The standard InChI is InChI=1S/C22H19F3N4O3/c1-13-20(30)29(15-7-9-16(10-8-15)32-22(23,24)25)21(31)28(13)12-14-11-19(26-2)27-18-6-4-3-5-17(14)18/h3-11,13H,12H2,1-2H3,(H,26,27). The maximum absolute atomic E-state index is 13.1. The minimum Gasteiger partial charge on any atom is -0.406 e. The number of imide groups is 1. The maximum Gasteiger partial charge on any atom is 0.573 e. The highest BCUT2D eigenvalue weighted by Gasteiger charge is 2.43. The Kier molecular flexibility index (Phi) is 5.37. The third kappa shape index (κ3) is 4.03. The summed E-state index contributed by atoms with van der Waals surface area (Å²) in [6.07, 6.45) is -4.83. The van der Waals surface area contributed by atoms with Gasteiger partial charge in [0.25, 0.3) is 5.91 Å². The molecular weight excluding hydrogens is 425 g/mol. The summed E-state index contributed by atoms with van der Waals surface area (Å²) in [6, 6.07) is 12.6. The van der Waals surface area contributed by atoms with Crippen LogP contribution in [0.5, 0.6) is 5.75 Å². The Hall–Kier alpha value is -3.82. The molecule has 2 aromatic carbocycles. The first-order valence-corrected chi connectivity index (χ1v) is 9.75. The summed E-state index contributed by atoms with van der Waals surface area (Å²) < 4.78 is 41.0. The lowest BCUT2D eigenvalue weighted by atomic mass is 10.1. The zero-order valence-corrected chi connectivity index (χ0v) is 17.2. The van der Waals surface area contributed by atoms with Crippen molar-refractivity contribution in [3.05, 3.63) is 60.2 Å². The van der Waals surface area contributed by atoms with Gasteiger partial charge in [0.2, 0.25) is 0 Å². The third-order valence-corrected chi connectivity index (χ3v) is 5.21. The fourth-order valence-corrected chi connectivity index (χ4v) is 3.64. The molecule has 0 radical (unpaired) electrons. The molecule has 0 bridgehead atoms. The molecule has 1 aliphatic rings. The van der Waals surface area contributed by atoms with Crippen molar-refractivity contribution in [3.63, 3.8) is 0 Å². The van der Waals surface area contributed by atoms with Gasteiger partial charge >= 0.3 is 12.4 Å². The summed E-state index contributed by atoms with van der Waals surface area (Å²) in [5.41, 5.74) is 1.72. The van der Waals surface area contributed by atoms with Crippen molar-refractivity contribution in [1.29, 1.82) is 0 Å². The molecule has 1 N–H and O–H groups in total. The molecule has 1 fully saturated rings. The number of para-hydroxylation sites is 1. The van der Waals surface area contributed by atoms with Crippen molar-refractivity contribution in [2.24, 2.45) is 0 Å². The van der Waals surface area contributed by atoms with Gasteiger partial charge in [-0.1, -0.05) is 18.2 Å². The Morgan fingerprint density at radius 1 is 1.09 bits per heavy atom. The first-order valence-electron chi connectivity index (χ1n) is 9.75. The van der Waals surface area contributed by atoms with Crippen molar-refractivity contribution < 1.29 is 27.5 Å². The first kappa shape index (κ1) is 21.4. The minimum atomic E-state index is -4.83. The fraction of sp³-hybridized carbons (Fsp3) is 0.227. The SMILES string of the molecule is CNc1cc(CN2C(=O)N(c3ccc(OC(F)(F)F)cc3)C(=O)C2C)c2ccccc2n1. The fourth-order valence-electron chi connectivity index (χ4n) is 3.64. The number of nitrogens with one attached hydrogen (secondary N) is 1. The molecule has 10 heteroatoms. The monoisotopic (exact) mass is 444 g/mol. The second kappa shape index (κ2) is 8.03. The number of carbonyl (C=O) groups excluding carboxylic acids is 2. The molecule has 0 spiro atoms. The van der Waals surface area contributed by atoms with Gasteiger partial charge in [0, 0.05) is 19.0 Å². The zero-order chi connectivity index (χ0) is 23.0. The van der Waals surface area contributed by atoms with Crippen LogP contribution in [-0.2, 0) is 11.3 Å². The average molecular weight is 444 g/mol. The molecule has 3 aromatic rings. The lowest BCUT2D eigenvalue weighted by molar-refractivity contribution is -0.274. The molecule has 7 nitrogen and oxygen atoms in total. The summed E-state index contributed by atoms with van der Waals surface area (Å²) in [7, 11) is 1.74. The van der Waals surface area contributed by atoms with E-state index in [1.54, 1.807) is 14.0 Å². The Morgan fingerprint density at radius 2 is 1.78 bits per heavy atom. The van der Waals surface area contributed by atoms with E-state index in [4.69, 9.17) is 0 Å². The van der Waals surface area contributed by atoms with Gasteiger partial charge in [-0.25, -0.2) is 14.7 Å². The molecule has 1 unspecified atom stereocenters. The number of halogens is 3. The number of alkyl halides is 3. The zero-order valence-electron chi connectivity index (χ0n) is 17.2. The van der Waals surface area contributed by atoms with Gasteiger partial charge in [-0.05, 0) is 48.9 Å². The molecule has 1 saturated heterocycles. The molecular formula is C22H19F3N4O3. The number of carbonyl (C=O) groups is 2. The number of hydrogen-bond acceptors (Lipinski definition) is 5. The average Bonchev–Trinajstić information content (AvgIpc) is 2.96. The molecule has 4 rings (SSSR count). The predicted octanol–water partition coefficient (Wildman–Crippen LogP) is 4.53.